The molecule has 0 radical (unpaired) electrons. The van der Waals surface area contributed by atoms with E-state index in [4.69, 9.17) is 9.84 Å². The predicted octanol–water partition coefficient (Wildman–Crippen LogP) is 3.92. The van der Waals surface area contributed by atoms with Crippen molar-refractivity contribution < 1.29 is 9.84 Å². The number of aliphatic hydroxyl groups excluding tert-OH is 1. The highest BCUT2D eigenvalue weighted by Crippen LogP contribution is 2.20. The molecule has 0 amide bonds. The van der Waals surface area contributed by atoms with Crippen LogP contribution in [0.5, 0.6) is 5.75 Å². The highest BCUT2D eigenvalue weighted by Gasteiger charge is 2.03. The van der Waals surface area contributed by atoms with Gasteiger partial charge in [-0.05, 0) is 35.1 Å². The fourth-order valence-corrected chi connectivity index (χ4v) is 2.13. The van der Waals surface area contributed by atoms with Crippen LogP contribution in [0, 0.1) is 0 Å². The molecule has 2 aromatic carbocycles. The van der Waals surface area contributed by atoms with Crippen LogP contribution in [-0.4, -0.2) is 11.7 Å². The maximum Gasteiger partial charge on any atom is 0.123 e. The first-order valence-corrected chi connectivity index (χ1v) is 7.11. The summed E-state index contributed by atoms with van der Waals surface area (Å²) in [4.78, 5) is 0. The first-order valence-electron chi connectivity index (χ1n) is 7.11. The van der Waals surface area contributed by atoms with E-state index in [0.717, 1.165) is 16.9 Å². The third-order valence-corrected chi connectivity index (χ3v) is 3.39. The molecule has 0 saturated carbocycles. The average molecular weight is 270 g/mol. The van der Waals surface area contributed by atoms with E-state index >= 15 is 0 Å². The van der Waals surface area contributed by atoms with Gasteiger partial charge in [0.15, 0.2) is 0 Å². The Kier molecular flexibility index (Phi) is 5.19. The molecule has 1 N–H and O–H groups in total. The minimum Gasteiger partial charge on any atom is -0.489 e. The van der Waals surface area contributed by atoms with Crippen LogP contribution < -0.4 is 4.74 Å². The van der Waals surface area contributed by atoms with Gasteiger partial charge in [-0.1, -0.05) is 56.3 Å². The quantitative estimate of drug-likeness (QED) is 0.862. The van der Waals surface area contributed by atoms with Gasteiger partial charge in [-0.15, -0.1) is 0 Å². The van der Waals surface area contributed by atoms with Crippen molar-refractivity contribution in [1.82, 2.24) is 0 Å². The molecule has 0 atom stereocenters. The predicted molar refractivity (Wildman–Crippen MR) is 82.1 cm³/mol. The van der Waals surface area contributed by atoms with E-state index in [-0.39, 0.29) is 6.61 Å². The summed E-state index contributed by atoms with van der Waals surface area (Å²) in [6.07, 6.45) is 0.627. The first kappa shape index (κ1) is 14.6. The molecule has 0 bridgehead atoms. The average Bonchev–Trinajstić information content (AvgIpc) is 2.47. The lowest BCUT2D eigenvalue weighted by atomic mass is 10.0. The summed E-state index contributed by atoms with van der Waals surface area (Å²) in [6.45, 7) is 5.08. The van der Waals surface area contributed by atoms with Gasteiger partial charge in [-0.25, -0.2) is 0 Å². The van der Waals surface area contributed by atoms with Crippen LogP contribution in [0.25, 0.3) is 0 Å². The number of hydrogen-bond acceptors (Lipinski definition) is 2. The zero-order chi connectivity index (χ0) is 14.4. The minimum atomic E-state index is 0.142. The van der Waals surface area contributed by atoms with E-state index in [1.165, 1.54) is 5.56 Å². The van der Waals surface area contributed by atoms with Crippen molar-refractivity contribution in [3.63, 3.8) is 0 Å². The lowest BCUT2D eigenvalue weighted by molar-refractivity contribution is 0.284. The molecule has 106 valence electrons. The van der Waals surface area contributed by atoms with Gasteiger partial charge in [0.1, 0.15) is 12.4 Å². The SMILES string of the molecule is CC(C)c1ccc(COc2ccccc2CCO)cc1. The second-order valence-electron chi connectivity index (χ2n) is 5.27. The van der Waals surface area contributed by atoms with Crippen LogP contribution >= 0.6 is 0 Å². The van der Waals surface area contributed by atoms with Gasteiger partial charge >= 0.3 is 0 Å². The van der Waals surface area contributed by atoms with Gasteiger partial charge in [0.25, 0.3) is 0 Å². The number of hydrogen-bond donors (Lipinski definition) is 1. The van der Waals surface area contributed by atoms with E-state index in [9.17, 15) is 0 Å². The van der Waals surface area contributed by atoms with Crippen LogP contribution in [-0.2, 0) is 13.0 Å². The van der Waals surface area contributed by atoms with Crippen molar-refractivity contribution in [2.45, 2.75) is 32.8 Å². The largest absolute Gasteiger partial charge is 0.489 e. The second kappa shape index (κ2) is 7.11. The zero-order valence-corrected chi connectivity index (χ0v) is 12.2. The molecule has 0 unspecified atom stereocenters. The molecule has 2 heteroatoms. The van der Waals surface area contributed by atoms with Gasteiger partial charge in [-0.2, -0.15) is 0 Å². The molecule has 2 aromatic rings. The van der Waals surface area contributed by atoms with Crippen molar-refractivity contribution in [1.29, 1.82) is 0 Å². The van der Waals surface area contributed by atoms with E-state index in [0.29, 0.717) is 18.9 Å². The Hall–Kier alpha value is -1.80. The summed E-state index contributed by atoms with van der Waals surface area (Å²) < 4.78 is 5.86. The Morgan fingerprint density at radius 2 is 1.70 bits per heavy atom. The summed E-state index contributed by atoms with van der Waals surface area (Å²) in [7, 11) is 0. The highest BCUT2D eigenvalue weighted by molar-refractivity contribution is 5.34. The van der Waals surface area contributed by atoms with Crippen molar-refractivity contribution in [3.05, 3.63) is 65.2 Å². The molecule has 0 spiro atoms. The Balaban J connectivity index is 2.01. The highest BCUT2D eigenvalue weighted by atomic mass is 16.5. The first-order chi connectivity index (χ1) is 9.70. The second-order valence-corrected chi connectivity index (χ2v) is 5.27. The topological polar surface area (TPSA) is 29.5 Å². The van der Waals surface area contributed by atoms with Gasteiger partial charge in [-0.3, -0.25) is 0 Å². The molecule has 2 rings (SSSR count). The number of aliphatic hydroxyl groups is 1. The maximum atomic E-state index is 9.06. The molecule has 0 aromatic heterocycles. The van der Waals surface area contributed by atoms with Crippen LogP contribution in [0.1, 0.15) is 36.5 Å². The fourth-order valence-electron chi connectivity index (χ4n) is 2.13. The summed E-state index contributed by atoms with van der Waals surface area (Å²) in [6, 6.07) is 16.4. The molecule has 2 nitrogen and oxygen atoms in total. The Morgan fingerprint density at radius 3 is 2.35 bits per heavy atom. The van der Waals surface area contributed by atoms with Gasteiger partial charge in [0.05, 0.1) is 0 Å². The molecule has 0 heterocycles. The smallest absolute Gasteiger partial charge is 0.123 e. The molecule has 0 aliphatic heterocycles. The van der Waals surface area contributed by atoms with Crippen molar-refractivity contribution in [3.8, 4) is 5.75 Å². The standard InChI is InChI=1S/C18H22O2/c1-14(2)16-9-7-15(8-10-16)13-20-18-6-4-3-5-17(18)11-12-19/h3-10,14,19H,11-13H2,1-2H3. The molecule has 20 heavy (non-hydrogen) atoms. The van der Waals surface area contributed by atoms with Crippen molar-refractivity contribution in [2.75, 3.05) is 6.61 Å². The van der Waals surface area contributed by atoms with Crippen LogP contribution in [0.15, 0.2) is 48.5 Å². The molecule has 0 fully saturated rings. The molecular formula is C18H22O2. The number of benzene rings is 2. The summed E-state index contributed by atoms with van der Waals surface area (Å²) >= 11 is 0. The van der Waals surface area contributed by atoms with E-state index in [1.54, 1.807) is 0 Å². The monoisotopic (exact) mass is 270 g/mol. The van der Waals surface area contributed by atoms with Crippen LogP contribution in [0.4, 0.5) is 0 Å². The number of ether oxygens (including phenoxy) is 1. The van der Waals surface area contributed by atoms with Crippen LogP contribution in [0.3, 0.4) is 0 Å². The Morgan fingerprint density at radius 1 is 1.00 bits per heavy atom. The fraction of sp³-hybridized carbons (Fsp3) is 0.333. The minimum absolute atomic E-state index is 0.142. The molecule has 0 saturated heterocycles. The van der Waals surface area contributed by atoms with E-state index in [2.05, 4.69) is 38.1 Å². The van der Waals surface area contributed by atoms with Crippen molar-refractivity contribution in [2.24, 2.45) is 0 Å². The summed E-state index contributed by atoms with van der Waals surface area (Å²) in [5.74, 6) is 1.41. The normalized spacial score (nSPS) is 10.8. The lowest BCUT2D eigenvalue weighted by Crippen LogP contribution is -2.00. The Bertz CT molecular complexity index is 529. The summed E-state index contributed by atoms with van der Waals surface area (Å²) in [5.41, 5.74) is 3.55. The number of rotatable bonds is 6. The third kappa shape index (κ3) is 3.84. The van der Waals surface area contributed by atoms with Gasteiger partial charge in [0, 0.05) is 6.61 Å². The molecule has 0 aliphatic rings. The van der Waals surface area contributed by atoms with Crippen LogP contribution in [0.2, 0.25) is 0 Å². The van der Waals surface area contributed by atoms with E-state index < -0.39 is 0 Å². The van der Waals surface area contributed by atoms with Gasteiger partial charge in [0.2, 0.25) is 0 Å². The lowest BCUT2D eigenvalue weighted by Gasteiger charge is -2.11. The molecular weight excluding hydrogens is 248 g/mol. The van der Waals surface area contributed by atoms with Gasteiger partial charge < -0.3 is 9.84 Å². The number of para-hydroxylation sites is 1. The van der Waals surface area contributed by atoms with Crippen molar-refractivity contribution >= 4 is 0 Å². The summed E-state index contributed by atoms with van der Waals surface area (Å²) in [5, 5.41) is 9.06. The third-order valence-electron chi connectivity index (χ3n) is 3.39. The maximum absolute atomic E-state index is 9.06. The molecule has 0 aliphatic carbocycles. The zero-order valence-electron chi connectivity index (χ0n) is 12.2. The van der Waals surface area contributed by atoms with E-state index in [1.807, 2.05) is 24.3 Å². The Labute approximate surface area is 121 Å².